The molecule has 3 N–H and O–H groups in total. The molecule has 2 unspecified atom stereocenters. The van der Waals surface area contributed by atoms with E-state index in [-0.39, 0.29) is 29.8 Å². The zero-order valence-electron chi connectivity index (χ0n) is 26.9. The van der Waals surface area contributed by atoms with Crippen molar-refractivity contribution < 1.29 is 9.59 Å². The number of amides is 2. The molecule has 2 atom stereocenters. The molecule has 0 aromatic heterocycles. The highest BCUT2D eigenvalue weighted by molar-refractivity contribution is 5.98. The van der Waals surface area contributed by atoms with E-state index < -0.39 is 0 Å². The van der Waals surface area contributed by atoms with Gasteiger partial charge in [0.1, 0.15) is 0 Å². The number of benzene rings is 4. The smallest absolute Gasteiger partial charge is 0.251 e. The predicted molar refractivity (Wildman–Crippen MR) is 187 cm³/mol. The number of nitrogens with one attached hydrogen (secondary N) is 3. The zero-order chi connectivity index (χ0) is 31.6. The maximum Gasteiger partial charge on any atom is 0.251 e. The highest BCUT2D eigenvalue weighted by atomic mass is 16.2. The lowest BCUT2D eigenvalue weighted by Gasteiger charge is -2.29. The van der Waals surface area contributed by atoms with Gasteiger partial charge in [0.2, 0.25) is 5.91 Å². The molecule has 2 aliphatic rings. The van der Waals surface area contributed by atoms with Crippen molar-refractivity contribution >= 4 is 22.6 Å². The molecular formula is C40H48N4O2. The van der Waals surface area contributed by atoms with E-state index in [2.05, 4.69) is 75.4 Å². The Labute approximate surface area is 274 Å². The lowest BCUT2D eigenvalue weighted by atomic mass is 9.90. The molecule has 1 saturated carbocycles. The second kappa shape index (κ2) is 16.0. The third kappa shape index (κ3) is 8.42. The van der Waals surface area contributed by atoms with Crippen LogP contribution in [0, 0.1) is 0 Å². The highest BCUT2D eigenvalue weighted by Crippen LogP contribution is 2.27. The maximum absolute atomic E-state index is 14.2. The first-order valence-corrected chi connectivity index (χ1v) is 17.3. The first kappa shape index (κ1) is 32.0. The molecule has 2 amide bonds. The summed E-state index contributed by atoms with van der Waals surface area (Å²) in [6, 6.07) is 35.3. The Balaban J connectivity index is 1.15. The molecular weight excluding hydrogens is 568 g/mol. The van der Waals surface area contributed by atoms with E-state index in [1.807, 2.05) is 48.5 Å². The van der Waals surface area contributed by atoms with Crippen LogP contribution >= 0.6 is 0 Å². The second-order valence-corrected chi connectivity index (χ2v) is 13.1. The van der Waals surface area contributed by atoms with Crippen molar-refractivity contribution in [2.24, 2.45) is 0 Å². The minimum atomic E-state index is -0.287. The molecule has 4 aromatic rings. The van der Waals surface area contributed by atoms with Crippen LogP contribution in [0.2, 0.25) is 0 Å². The standard InChI is InChI=1S/C40H48N4O2/c45-39(34-23-22-30-13-10-11-18-33(30)27-34)42-28-36-24-26-44(29-37(31-14-4-1-5-15-31)32-16-6-2-7-17-32)40(46)38(43-36)21-12-25-41-35-19-8-3-9-20-35/h1-2,4-7,10-11,13-18,22-23,27,35-38,41,43H,3,8-9,12,19-21,24-26,28-29H2,(H,42,45). The molecule has 2 fully saturated rings. The van der Waals surface area contributed by atoms with Gasteiger partial charge in [-0.3, -0.25) is 9.59 Å². The third-order valence-corrected chi connectivity index (χ3v) is 9.83. The Kier molecular flexibility index (Phi) is 11.1. The lowest BCUT2D eigenvalue weighted by Crippen LogP contribution is -2.49. The number of nitrogens with zero attached hydrogens (tertiary/aromatic N) is 1. The summed E-state index contributed by atoms with van der Waals surface area (Å²) in [6.07, 6.45) is 8.96. The Bertz CT molecular complexity index is 1510. The van der Waals surface area contributed by atoms with Crippen molar-refractivity contribution in [3.8, 4) is 0 Å². The Morgan fingerprint density at radius 2 is 1.48 bits per heavy atom. The summed E-state index contributed by atoms with van der Waals surface area (Å²) < 4.78 is 0. The van der Waals surface area contributed by atoms with Crippen LogP contribution in [0.4, 0.5) is 0 Å². The SMILES string of the molecule is O=C(NCC1CCN(CC(c2ccccc2)c2ccccc2)C(=O)C(CCCNC2CCCCC2)N1)c1ccc2ccccc2c1. The largest absolute Gasteiger partial charge is 0.350 e. The fraction of sp³-hybridized carbons (Fsp3) is 0.400. The van der Waals surface area contributed by atoms with Gasteiger partial charge in [0.05, 0.1) is 6.04 Å². The number of carbonyl (C=O) groups excluding carboxylic acids is 2. The molecule has 6 heteroatoms. The van der Waals surface area contributed by atoms with Crippen LogP contribution in [0.15, 0.2) is 103 Å². The van der Waals surface area contributed by atoms with Gasteiger partial charge in [-0.05, 0) is 72.7 Å². The molecule has 1 saturated heterocycles. The molecule has 1 heterocycles. The van der Waals surface area contributed by atoms with Crippen molar-refractivity contribution in [3.05, 3.63) is 120 Å². The molecule has 240 valence electrons. The average molecular weight is 617 g/mol. The normalized spacial score (nSPS) is 19.3. The molecule has 6 rings (SSSR count). The van der Waals surface area contributed by atoms with Gasteiger partial charge in [-0.15, -0.1) is 0 Å². The van der Waals surface area contributed by atoms with Gasteiger partial charge in [0, 0.05) is 43.2 Å². The summed E-state index contributed by atoms with van der Waals surface area (Å²) in [5.41, 5.74) is 3.08. The average Bonchev–Trinajstić information content (AvgIpc) is 3.26. The first-order valence-electron chi connectivity index (χ1n) is 17.3. The highest BCUT2D eigenvalue weighted by Gasteiger charge is 2.32. The summed E-state index contributed by atoms with van der Waals surface area (Å²) in [6.45, 7) is 2.68. The summed E-state index contributed by atoms with van der Waals surface area (Å²) >= 11 is 0. The molecule has 6 nitrogen and oxygen atoms in total. The van der Waals surface area contributed by atoms with Crippen LogP contribution in [0.3, 0.4) is 0 Å². The minimum absolute atomic E-state index is 0.00145. The molecule has 0 radical (unpaired) electrons. The topological polar surface area (TPSA) is 73.5 Å². The van der Waals surface area contributed by atoms with Crippen LogP contribution in [-0.2, 0) is 4.79 Å². The van der Waals surface area contributed by atoms with E-state index in [0.717, 1.165) is 36.6 Å². The van der Waals surface area contributed by atoms with Crippen molar-refractivity contribution in [2.45, 2.75) is 75.4 Å². The second-order valence-electron chi connectivity index (χ2n) is 13.1. The van der Waals surface area contributed by atoms with Crippen molar-refractivity contribution in [1.82, 2.24) is 20.9 Å². The number of hydrogen-bond donors (Lipinski definition) is 3. The quantitative estimate of drug-likeness (QED) is 0.156. The Hall–Kier alpha value is -4.00. The monoisotopic (exact) mass is 616 g/mol. The van der Waals surface area contributed by atoms with Crippen molar-refractivity contribution in [2.75, 3.05) is 26.2 Å². The minimum Gasteiger partial charge on any atom is -0.350 e. The van der Waals surface area contributed by atoms with Gasteiger partial charge in [-0.2, -0.15) is 0 Å². The van der Waals surface area contributed by atoms with Crippen LogP contribution in [0.1, 0.15) is 78.8 Å². The van der Waals surface area contributed by atoms with E-state index >= 15 is 0 Å². The van der Waals surface area contributed by atoms with Crippen LogP contribution in [0.5, 0.6) is 0 Å². The Morgan fingerprint density at radius 1 is 0.804 bits per heavy atom. The summed E-state index contributed by atoms with van der Waals surface area (Å²) in [5, 5.41) is 12.8. The molecule has 4 aromatic carbocycles. The third-order valence-electron chi connectivity index (χ3n) is 9.83. The fourth-order valence-electron chi connectivity index (χ4n) is 7.19. The number of rotatable bonds is 12. The molecule has 46 heavy (non-hydrogen) atoms. The first-order chi connectivity index (χ1) is 22.6. The molecule has 0 bridgehead atoms. The molecule has 1 aliphatic heterocycles. The van der Waals surface area contributed by atoms with E-state index in [9.17, 15) is 9.59 Å². The maximum atomic E-state index is 14.2. The number of hydrogen-bond acceptors (Lipinski definition) is 4. The van der Waals surface area contributed by atoms with Gasteiger partial charge in [0.25, 0.3) is 5.91 Å². The number of fused-ring (bicyclic) bond motifs is 1. The zero-order valence-corrected chi connectivity index (χ0v) is 26.9. The van der Waals surface area contributed by atoms with Crippen molar-refractivity contribution in [3.63, 3.8) is 0 Å². The van der Waals surface area contributed by atoms with E-state index in [0.29, 0.717) is 31.2 Å². The van der Waals surface area contributed by atoms with E-state index in [4.69, 9.17) is 0 Å². The predicted octanol–water partition coefficient (Wildman–Crippen LogP) is 6.66. The van der Waals surface area contributed by atoms with Crippen LogP contribution in [-0.4, -0.2) is 61.0 Å². The van der Waals surface area contributed by atoms with Gasteiger partial charge in [-0.1, -0.05) is 110 Å². The fourth-order valence-corrected chi connectivity index (χ4v) is 7.19. The summed E-state index contributed by atoms with van der Waals surface area (Å²) in [4.78, 5) is 29.5. The Morgan fingerprint density at radius 3 is 2.20 bits per heavy atom. The van der Waals surface area contributed by atoms with Gasteiger partial charge < -0.3 is 20.9 Å². The van der Waals surface area contributed by atoms with Crippen LogP contribution in [0.25, 0.3) is 10.8 Å². The van der Waals surface area contributed by atoms with Crippen LogP contribution < -0.4 is 16.0 Å². The summed E-state index contributed by atoms with van der Waals surface area (Å²) in [7, 11) is 0. The van der Waals surface area contributed by atoms with Crippen molar-refractivity contribution in [1.29, 1.82) is 0 Å². The van der Waals surface area contributed by atoms with Gasteiger partial charge >= 0.3 is 0 Å². The lowest BCUT2D eigenvalue weighted by molar-refractivity contribution is -0.133. The van der Waals surface area contributed by atoms with Gasteiger partial charge in [-0.25, -0.2) is 0 Å². The number of carbonyl (C=O) groups is 2. The van der Waals surface area contributed by atoms with Gasteiger partial charge in [0.15, 0.2) is 0 Å². The summed E-state index contributed by atoms with van der Waals surface area (Å²) in [5.74, 6) is 0.170. The molecule has 0 spiro atoms. The van der Waals surface area contributed by atoms with E-state index in [1.165, 1.54) is 43.2 Å². The molecule has 1 aliphatic carbocycles. The van der Waals surface area contributed by atoms with E-state index in [1.54, 1.807) is 0 Å².